The minimum absolute atomic E-state index is 0.0554. The van der Waals surface area contributed by atoms with Crippen molar-refractivity contribution >= 4 is 27.7 Å². The van der Waals surface area contributed by atoms with E-state index in [0.717, 1.165) is 4.47 Å². The van der Waals surface area contributed by atoms with Gasteiger partial charge in [-0.05, 0) is 30.3 Å². The first-order chi connectivity index (χ1) is 8.15. The van der Waals surface area contributed by atoms with Crippen LogP contribution in [-0.4, -0.2) is 16.0 Å². The van der Waals surface area contributed by atoms with Crippen LogP contribution in [0, 0.1) is 0 Å². The van der Waals surface area contributed by atoms with E-state index in [1.807, 2.05) is 0 Å². The molecule has 1 aromatic heterocycles. The topological polar surface area (TPSA) is 62.2 Å². The van der Waals surface area contributed by atoms with E-state index in [9.17, 15) is 9.90 Å². The van der Waals surface area contributed by atoms with Crippen LogP contribution >= 0.6 is 15.9 Å². The van der Waals surface area contributed by atoms with Gasteiger partial charge in [-0.3, -0.25) is 4.79 Å². The minimum Gasteiger partial charge on any atom is -0.508 e. The molecule has 1 heterocycles. The molecule has 0 aliphatic heterocycles. The van der Waals surface area contributed by atoms with Crippen molar-refractivity contribution in [1.82, 2.24) is 4.98 Å². The van der Waals surface area contributed by atoms with Gasteiger partial charge < -0.3 is 10.4 Å². The van der Waals surface area contributed by atoms with Crippen LogP contribution < -0.4 is 5.32 Å². The molecule has 0 saturated carbocycles. The summed E-state index contributed by atoms with van der Waals surface area (Å²) < 4.78 is 0.832. The molecule has 0 saturated heterocycles. The quantitative estimate of drug-likeness (QED) is 0.895. The number of benzene rings is 1. The fourth-order valence-electron chi connectivity index (χ4n) is 1.31. The smallest absolute Gasteiger partial charge is 0.256 e. The molecular formula is C12H9BrN2O2. The molecule has 0 fully saturated rings. The van der Waals surface area contributed by atoms with Gasteiger partial charge >= 0.3 is 0 Å². The SMILES string of the molecule is O=C(Nc1cc(Br)ccn1)c1cccc(O)c1. The van der Waals surface area contributed by atoms with Crippen LogP contribution in [0.25, 0.3) is 0 Å². The summed E-state index contributed by atoms with van der Waals surface area (Å²) in [7, 11) is 0. The molecule has 86 valence electrons. The number of halogens is 1. The molecule has 2 N–H and O–H groups in total. The highest BCUT2D eigenvalue weighted by Crippen LogP contribution is 2.15. The van der Waals surface area contributed by atoms with Crippen LogP contribution in [0.15, 0.2) is 47.1 Å². The average Bonchev–Trinajstić information content (AvgIpc) is 2.29. The van der Waals surface area contributed by atoms with Crippen LogP contribution in [0.1, 0.15) is 10.4 Å². The molecule has 4 nitrogen and oxygen atoms in total. The molecule has 0 aliphatic rings. The highest BCUT2D eigenvalue weighted by Gasteiger charge is 2.07. The van der Waals surface area contributed by atoms with Gasteiger partial charge in [-0.1, -0.05) is 22.0 Å². The summed E-state index contributed by atoms with van der Waals surface area (Å²) in [5.41, 5.74) is 0.381. The normalized spacial score (nSPS) is 9.94. The molecule has 1 amide bonds. The van der Waals surface area contributed by atoms with Gasteiger partial charge in [0.1, 0.15) is 11.6 Å². The maximum Gasteiger partial charge on any atom is 0.256 e. The Kier molecular flexibility index (Phi) is 3.39. The number of pyridine rings is 1. The summed E-state index contributed by atoms with van der Waals surface area (Å²) in [4.78, 5) is 15.8. The number of phenols is 1. The molecule has 5 heteroatoms. The van der Waals surface area contributed by atoms with Crippen LogP contribution in [0.2, 0.25) is 0 Å². The molecule has 0 unspecified atom stereocenters. The van der Waals surface area contributed by atoms with E-state index in [-0.39, 0.29) is 11.7 Å². The number of carbonyl (C=O) groups is 1. The lowest BCUT2D eigenvalue weighted by Crippen LogP contribution is -2.12. The van der Waals surface area contributed by atoms with Gasteiger partial charge in [-0.2, -0.15) is 0 Å². The Morgan fingerprint density at radius 2 is 2.12 bits per heavy atom. The number of hydrogen-bond acceptors (Lipinski definition) is 3. The van der Waals surface area contributed by atoms with Crippen molar-refractivity contribution in [2.45, 2.75) is 0 Å². The first-order valence-corrected chi connectivity index (χ1v) is 5.66. The van der Waals surface area contributed by atoms with Crippen LogP contribution in [0.5, 0.6) is 5.75 Å². The second-order valence-corrected chi connectivity index (χ2v) is 4.28. The van der Waals surface area contributed by atoms with Crippen LogP contribution in [0.3, 0.4) is 0 Å². The monoisotopic (exact) mass is 292 g/mol. The van der Waals surface area contributed by atoms with Gasteiger partial charge in [0, 0.05) is 16.2 Å². The Morgan fingerprint density at radius 1 is 1.29 bits per heavy atom. The second-order valence-electron chi connectivity index (χ2n) is 3.36. The molecule has 0 radical (unpaired) electrons. The molecular weight excluding hydrogens is 284 g/mol. The fraction of sp³-hybridized carbons (Fsp3) is 0. The molecule has 0 bridgehead atoms. The van der Waals surface area contributed by atoms with Crippen LogP contribution in [-0.2, 0) is 0 Å². The third kappa shape index (κ3) is 3.04. The zero-order valence-electron chi connectivity index (χ0n) is 8.72. The number of phenolic OH excluding ortho intramolecular Hbond substituents is 1. The predicted molar refractivity (Wildman–Crippen MR) is 68.0 cm³/mol. The number of hydrogen-bond donors (Lipinski definition) is 2. The van der Waals surface area contributed by atoms with Crippen LogP contribution in [0.4, 0.5) is 5.82 Å². The Balaban J connectivity index is 2.17. The Hall–Kier alpha value is -1.88. The highest BCUT2D eigenvalue weighted by molar-refractivity contribution is 9.10. The Morgan fingerprint density at radius 3 is 2.82 bits per heavy atom. The van der Waals surface area contributed by atoms with Gasteiger partial charge in [-0.25, -0.2) is 4.98 Å². The third-order valence-electron chi connectivity index (χ3n) is 2.07. The zero-order valence-corrected chi connectivity index (χ0v) is 10.3. The summed E-state index contributed by atoms with van der Waals surface area (Å²) in [6.07, 6.45) is 1.59. The summed E-state index contributed by atoms with van der Waals surface area (Å²) in [6, 6.07) is 9.60. The Labute approximate surface area is 106 Å². The molecule has 0 spiro atoms. The van der Waals surface area contributed by atoms with E-state index in [0.29, 0.717) is 11.4 Å². The van der Waals surface area contributed by atoms with Gasteiger partial charge in [0.05, 0.1) is 0 Å². The van der Waals surface area contributed by atoms with Crippen molar-refractivity contribution in [3.05, 3.63) is 52.6 Å². The number of carbonyl (C=O) groups excluding carboxylic acids is 1. The summed E-state index contributed by atoms with van der Waals surface area (Å²) >= 11 is 3.29. The Bertz CT molecular complexity index is 558. The maximum absolute atomic E-state index is 11.8. The number of rotatable bonds is 2. The van der Waals surface area contributed by atoms with Crippen molar-refractivity contribution in [2.75, 3.05) is 5.32 Å². The lowest BCUT2D eigenvalue weighted by Gasteiger charge is -2.04. The highest BCUT2D eigenvalue weighted by atomic mass is 79.9. The largest absolute Gasteiger partial charge is 0.508 e. The van der Waals surface area contributed by atoms with E-state index in [1.165, 1.54) is 12.1 Å². The molecule has 0 atom stereocenters. The number of amides is 1. The first-order valence-electron chi connectivity index (χ1n) is 4.87. The number of aromatic nitrogens is 1. The number of nitrogens with zero attached hydrogens (tertiary/aromatic N) is 1. The first kappa shape index (κ1) is 11.6. The fourth-order valence-corrected chi connectivity index (χ4v) is 1.64. The van der Waals surface area contributed by atoms with Gasteiger partial charge in [-0.15, -0.1) is 0 Å². The summed E-state index contributed by atoms with van der Waals surface area (Å²) in [6.45, 7) is 0. The van der Waals surface area contributed by atoms with Gasteiger partial charge in [0.25, 0.3) is 5.91 Å². The third-order valence-corrected chi connectivity index (χ3v) is 2.57. The molecule has 17 heavy (non-hydrogen) atoms. The van der Waals surface area contributed by atoms with Gasteiger partial charge in [0.2, 0.25) is 0 Å². The van der Waals surface area contributed by atoms with Crippen molar-refractivity contribution in [3.63, 3.8) is 0 Å². The van der Waals surface area contributed by atoms with Crippen molar-refractivity contribution in [1.29, 1.82) is 0 Å². The lowest BCUT2D eigenvalue weighted by atomic mass is 10.2. The van der Waals surface area contributed by atoms with E-state index < -0.39 is 0 Å². The number of nitrogens with one attached hydrogen (secondary N) is 1. The van der Waals surface area contributed by atoms with Gasteiger partial charge in [0.15, 0.2) is 0 Å². The lowest BCUT2D eigenvalue weighted by molar-refractivity contribution is 0.102. The second kappa shape index (κ2) is 4.97. The van der Waals surface area contributed by atoms with E-state index >= 15 is 0 Å². The summed E-state index contributed by atoms with van der Waals surface area (Å²) in [5.74, 6) is 0.194. The van der Waals surface area contributed by atoms with E-state index in [1.54, 1.807) is 30.5 Å². The molecule has 0 aliphatic carbocycles. The summed E-state index contributed by atoms with van der Waals surface area (Å²) in [5, 5.41) is 11.9. The number of aromatic hydroxyl groups is 1. The van der Waals surface area contributed by atoms with Crippen molar-refractivity contribution < 1.29 is 9.90 Å². The predicted octanol–water partition coefficient (Wildman–Crippen LogP) is 2.80. The zero-order chi connectivity index (χ0) is 12.3. The maximum atomic E-state index is 11.8. The molecule has 2 rings (SSSR count). The minimum atomic E-state index is -0.313. The standard InChI is InChI=1S/C12H9BrN2O2/c13-9-4-5-14-11(7-9)15-12(17)8-2-1-3-10(16)6-8/h1-7,16H,(H,14,15,17). The molecule has 2 aromatic rings. The van der Waals surface area contributed by atoms with E-state index in [4.69, 9.17) is 0 Å². The van der Waals surface area contributed by atoms with E-state index in [2.05, 4.69) is 26.2 Å². The van der Waals surface area contributed by atoms with Crippen molar-refractivity contribution in [3.8, 4) is 5.75 Å². The average molecular weight is 293 g/mol. The van der Waals surface area contributed by atoms with Crippen molar-refractivity contribution in [2.24, 2.45) is 0 Å². The molecule has 1 aromatic carbocycles. The number of anilines is 1.